The molecule has 27 heavy (non-hydrogen) atoms. The number of carbonyl (C=O) groups excluding carboxylic acids is 1. The van der Waals surface area contributed by atoms with Crippen LogP contribution in [0.2, 0.25) is 0 Å². The molecule has 0 spiro atoms. The monoisotopic (exact) mass is 369 g/mol. The minimum atomic E-state index is -0.287. The van der Waals surface area contributed by atoms with Gasteiger partial charge in [0.15, 0.2) is 0 Å². The van der Waals surface area contributed by atoms with Crippen molar-refractivity contribution < 1.29 is 9.90 Å². The van der Waals surface area contributed by atoms with Crippen LogP contribution in [0.25, 0.3) is 0 Å². The molecule has 0 aromatic carbocycles. The number of β-amino-alcohol motifs (C(OH)–C–C–N with tert-alkyl or cyclic N) is 1. The van der Waals surface area contributed by atoms with E-state index in [0.29, 0.717) is 18.0 Å². The summed E-state index contributed by atoms with van der Waals surface area (Å²) >= 11 is 0. The number of anilines is 1. The zero-order chi connectivity index (χ0) is 18.6. The van der Waals surface area contributed by atoms with Crippen molar-refractivity contribution in [2.45, 2.75) is 38.3 Å². The first kappa shape index (κ1) is 18.0. The lowest BCUT2D eigenvalue weighted by atomic mass is 9.96. The van der Waals surface area contributed by atoms with Gasteiger partial charge in [-0.2, -0.15) is 5.10 Å². The van der Waals surface area contributed by atoms with Crippen molar-refractivity contribution in [1.29, 1.82) is 0 Å². The van der Waals surface area contributed by atoms with E-state index in [0.717, 1.165) is 57.7 Å². The number of amides is 1. The van der Waals surface area contributed by atoms with Crippen LogP contribution in [0.1, 0.15) is 36.0 Å². The lowest BCUT2D eigenvalue weighted by molar-refractivity contribution is 0.0681. The van der Waals surface area contributed by atoms with Crippen LogP contribution in [0, 0.1) is 5.92 Å². The SMILES string of the molecule is O=C(c1ccc(N2CCC[C@@H](O)C2)nc1)N1CCC(Cn2cccn2)CC1. The number of aromatic nitrogens is 3. The zero-order valence-corrected chi connectivity index (χ0v) is 15.6. The normalized spacial score (nSPS) is 21.4. The van der Waals surface area contributed by atoms with E-state index in [-0.39, 0.29) is 12.0 Å². The second-order valence-corrected chi connectivity index (χ2v) is 7.61. The van der Waals surface area contributed by atoms with Crippen molar-refractivity contribution >= 4 is 11.7 Å². The van der Waals surface area contributed by atoms with E-state index in [4.69, 9.17) is 0 Å². The van der Waals surface area contributed by atoms with E-state index < -0.39 is 0 Å². The minimum Gasteiger partial charge on any atom is -0.391 e. The van der Waals surface area contributed by atoms with Crippen LogP contribution in [-0.2, 0) is 6.54 Å². The second kappa shape index (κ2) is 8.08. The third-order valence-corrected chi connectivity index (χ3v) is 5.62. The molecule has 2 aromatic heterocycles. The molecule has 0 saturated carbocycles. The molecule has 0 aliphatic carbocycles. The second-order valence-electron chi connectivity index (χ2n) is 7.61. The topological polar surface area (TPSA) is 74.5 Å². The Morgan fingerprint density at radius 3 is 2.70 bits per heavy atom. The predicted molar refractivity (Wildman–Crippen MR) is 103 cm³/mol. The lowest BCUT2D eigenvalue weighted by Gasteiger charge is -2.32. The quantitative estimate of drug-likeness (QED) is 0.889. The first-order chi connectivity index (χ1) is 13.2. The Kier molecular flexibility index (Phi) is 5.38. The van der Waals surface area contributed by atoms with E-state index in [1.165, 1.54) is 0 Å². The Morgan fingerprint density at radius 2 is 2.04 bits per heavy atom. The van der Waals surface area contributed by atoms with Crippen LogP contribution in [0.5, 0.6) is 0 Å². The first-order valence-corrected chi connectivity index (χ1v) is 9.85. The van der Waals surface area contributed by atoms with E-state index >= 15 is 0 Å². The average Bonchev–Trinajstić information content (AvgIpc) is 3.21. The molecule has 2 aromatic rings. The van der Waals surface area contributed by atoms with E-state index in [1.807, 2.05) is 34.0 Å². The maximum atomic E-state index is 12.8. The first-order valence-electron chi connectivity index (χ1n) is 9.85. The fourth-order valence-corrected chi connectivity index (χ4v) is 4.04. The number of likely N-dealkylation sites (tertiary alicyclic amines) is 1. The highest BCUT2D eigenvalue weighted by Crippen LogP contribution is 2.22. The molecule has 1 N–H and O–H groups in total. The molecule has 2 fully saturated rings. The summed E-state index contributed by atoms with van der Waals surface area (Å²) in [5, 5.41) is 14.1. The number of nitrogens with zero attached hydrogens (tertiary/aromatic N) is 5. The Morgan fingerprint density at radius 1 is 1.19 bits per heavy atom. The summed E-state index contributed by atoms with van der Waals surface area (Å²) in [6.45, 7) is 4.01. The third-order valence-electron chi connectivity index (χ3n) is 5.62. The van der Waals surface area contributed by atoms with Gasteiger partial charge in [-0.05, 0) is 49.8 Å². The van der Waals surface area contributed by atoms with E-state index in [1.54, 1.807) is 12.4 Å². The largest absolute Gasteiger partial charge is 0.391 e. The number of hydrogen-bond acceptors (Lipinski definition) is 5. The number of rotatable bonds is 4. The Hall–Kier alpha value is -2.41. The van der Waals surface area contributed by atoms with Gasteiger partial charge >= 0.3 is 0 Å². The van der Waals surface area contributed by atoms with Gasteiger partial charge in [0, 0.05) is 51.3 Å². The van der Waals surface area contributed by atoms with E-state index in [2.05, 4.69) is 15.0 Å². The van der Waals surface area contributed by atoms with Crippen LogP contribution >= 0.6 is 0 Å². The maximum absolute atomic E-state index is 12.8. The van der Waals surface area contributed by atoms with Gasteiger partial charge in [-0.25, -0.2) is 4.98 Å². The molecule has 4 rings (SSSR count). The molecule has 4 heterocycles. The van der Waals surface area contributed by atoms with E-state index in [9.17, 15) is 9.90 Å². The molecule has 0 bridgehead atoms. The fraction of sp³-hybridized carbons (Fsp3) is 0.550. The van der Waals surface area contributed by atoms with Gasteiger partial charge < -0.3 is 14.9 Å². The number of aliphatic hydroxyl groups is 1. The number of hydrogen-bond donors (Lipinski definition) is 1. The number of pyridine rings is 1. The highest BCUT2D eigenvalue weighted by molar-refractivity contribution is 5.94. The molecule has 0 radical (unpaired) electrons. The van der Waals surface area contributed by atoms with Crippen LogP contribution in [0.15, 0.2) is 36.8 Å². The Labute approximate surface area is 159 Å². The van der Waals surface area contributed by atoms with Gasteiger partial charge in [-0.3, -0.25) is 9.48 Å². The van der Waals surface area contributed by atoms with Crippen LogP contribution in [0.3, 0.4) is 0 Å². The van der Waals surface area contributed by atoms with Crippen LogP contribution in [-0.4, -0.2) is 63.0 Å². The summed E-state index contributed by atoms with van der Waals surface area (Å²) in [5.74, 6) is 1.47. The zero-order valence-electron chi connectivity index (χ0n) is 15.6. The molecule has 7 heteroatoms. The van der Waals surface area contributed by atoms with Crippen molar-refractivity contribution in [2.75, 3.05) is 31.1 Å². The summed E-state index contributed by atoms with van der Waals surface area (Å²) < 4.78 is 1.97. The number of aliphatic hydroxyl groups excluding tert-OH is 1. The third kappa shape index (κ3) is 4.30. The van der Waals surface area contributed by atoms with Gasteiger partial charge in [0.05, 0.1) is 11.7 Å². The maximum Gasteiger partial charge on any atom is 0.255 e. The van der Waals surface area contributed by atoms with Crippen molar-refractivity contribution in [2.24, 2.45) is 5.92 Å². The van der Waals surface area contributed by atoms with Crippen molar-refractivity contribution in [3.63, 3.8) is 0 Å². The van der Waals surface area contributed by atoms with Crippen LogP contribution < -0.4 is 4.90 Å². The van der Waals surface area contributed by atoms with Crippen LogP contribution in [0.4, 0.5) is 5.82 Å². The Balaban J connectivity index is 1.32. The highest BCUT2D eigenvalue weighted by atomic mass is 16.3. The molecule has 144 valence electrons. The summed E-state index contributed by atoms with van der Waals surface area (Å²) in [6, 6.07) is 5.71. The van der Waals surface area contributed by atoms with Gasteiger partial charge in [0.1, 0.15) is 5.82 Å². The van der Waals surface area contributed by atoms with Crippen molar-refractivity contribution in [3.05, 3.63) is 42.4 Å². The minimum absolute atomic E-state index is 0.0604. The highest BCUT2D eigenvalue weighted by Gasteiger charge is 2.25. The molecule has 2 saturated heterocycles. The summed E-state index contributed by atoms with van der Waals surface area (Å²) in [7, 11) is 0. The molecule has 0 unspecified atom stereocenters. The smallest absolute Gasteiger partial charge is 0.255 e. The Bertz CT molecular complexity index is 738. The van der Waals surface area contributed by atoms with Gasteiger partial charge in [0.25, 0.3) is 5.91 Å². The molecular formula is C20H27N5O2. The molecule has 7 nitrogen and oxygen atoms in total. The van der Waals surface area contributed by atoms with Gasteiger partial charge in [0.2, 0.25) is 0 Å². The summed E-state index contributed by atoms with van der Waals surface area (Å²) in [6.07, 6.45) is 9.01. The number of carbonyl (C=O) groups is 1. The molecule has 2 aliphatic rings. The fourth-order valence-electron chi connectivity index (χ4n) is 4.04. The summed E-state index contributed by atoms with van der Waals surface area (Å²) in [5.41, 5.74) is 0.641. The molecule has 1 amide bonds. The predicted octanol–water partition coefficient (Wildman–Crippen LogP) is 1.79. The average molecular weight is 369 g/mol. The summed E-state index contributed by atoms with van der Waals surface area (Å²) in [4.78, 5) is 21.3. The molecule has 1 atom stereocenters. The van der Waals surface area contributed by atoms with Crippen molar-refractivity contribution in [1.82, 2.24) is 19.7 Å². The van der Waals surface area contributed by atoms with Gasteiger partial charge in [-0.15, -0.1) is 0 Å². The lowest BCUT2D eigenvalue weighted by Crippen LogP contribution is -2.40. The van der Waals surface area contributed by atoms with Crippen molar-refractivity contribution in [3.8, 4) is 0 Å². The molecular weight excluding hydrogens is 342 g/mol. The molecule has 2 aliphatic heterocycles. The van der Waals surface area contributed by atoms with Gasteiger partial charge in [-0.1, -0.05) is 0 Å². The standard InChI is InChI=1S/C20H27N5O2/c26-18-3-1-9-24(15-18)19-5-4-17(13-21-19)20(27)23-11-6-16(7-12-23)14-25-10-2-8-22-25/h2,4-5,8,10,13,16,18,26H,1,3,6-7,9,11-12,14-15H2/t18-/m1/s1. The number of piperidine rings is 2.